The van der Waals surface area contributed by atoms with Gasteiger partial charge in [-0.15, -0.1) is 0 Å². The second-order valence-corrected chi connectivity index (χ2v) is 11.4. The summed E-state index contributed by atoms with van der Waals surface area (Å²) >= 11 is 0. The van der Waals surface area contributed by atoms with Crippen LogP contribution in [0.3, 0.4) is 0 Å². The molecule has 0 bridgehead atoms. The molecule has 1 saturated heterocycles. The van der Waals surface area contributed by atoms with Crippen LogP contribution in [0.25, 0.3) is 21.9 Å². The first-order valence-electron chi connectivity index (χ1n) is 15.3. The molecule has 5 aromatic rings. The number of fused-ring (bicyclic) bond motifs is 2. The third-order valence-electron chi connectivity index (χ3n) is 8.30. The van der Waals surface area contributed by atoms with Crippen LogP contribution in [0.15, 0.2) is 101 Å². The van der Waals surface area contributed by atoms with Crippen LogP contribution in [0, 0.1) is 5.92 Å². The van der Waals surface area contributed by atoms with Gasteiger partial charge in [-0.3, -0.25) is 14.4 Å². The zero-order chi connectivity index (χ0) is 30.3. The summed E-state index contributed by atoms with van der Waals surface area (Å²) in [6.07, 6.45) is 2.63. The third kappa shape index (κ3) is 7.03. The number of hydrogen-bond donors (Lipinski definition) is 3. The fourth-order valence-electron chi connectivity index (χ4n) is 5.81. The van der Waals surface area contributed by atoms with Crippen molar-refractivity contribution in [2.24, 2.45) is 5.92 Å². The van der Waals surface area contributed by atoms with E-state index in [-0.39, 0.29) is 24.1 Å². The van der Waals surface area contributed by atoms with Crippen LogP contribution in [-0.4, -0.2) is 47.8 Å². The minimum Gasteiger partial charge on any atom is -0.434 e. The number of hydrogen-bond acceptors (Lipinski definition) is 6. The average Bonchev–Trinajstić information content (AvgIpc) is 3.51. The molecule has 8 heteroatoms. The summed E-state index contributed by atoms with van der Waals surface area (Å²) in [6.45, 7) is 1.53. The zero-order valence-corrected chi connectivity index (χ0v) is 24.5. The first kappa shape index (κ1) is 29.3. The van der Waals surface area contributed by atoms with E-state index in [1.54, 1.807) is 12.1 Å². The van der Waals surface area contributed by atoms with Crippen LogP contribution in [0.4, 0.5) is 0 Å². The SMILES string of the molecule is O=C(N[C@@H](Cc1ccc2ccccc2c1)C(=O)N[C@@H](CCc1ccccc1)C(=O)c1nc2ccccc2o1)C1CCNCC1. The van der Waals surface area contributed by atoms with Crippen molar-refractivity contribution in [1.29, 1.82) is 0 Å². The molecule has 1 aromatic heterocycles. The van der Waals surface area contributed by atoms with Crippen molar-refractivity contribution in [3.05, 3.63) is 114 Å². The number of piperidine rings is 1. The molecule has 2 atom stereocenters. The van der Waals surface area contributed by atoms with Crippen molar-refractivity contribution in [3.8, 4) is 0 Å². The Bertz CT molecular complexity index is 1730. The maximum Gasteiger partial charge on any atom is 0.266 e. The molecule has 224 valence electrons. The van der Waals surface area contributed by atoms with Crippen LogP contribution in [-0.2, 0) is 22.4 Å². The van der Waals surface area contributed by atoms with Crippen molar-refractivity contribution in [1.82, 2.24) is 20.9 Å². The lowest BCUT2D eigenvalue weighted by Gasteiger charge is -2.26. The van der Waals surface area contributed by atoms with Gasteiger partial charge < -0.3 is 20.4 Å². The first-order valence-corrected chi connectivity index (χ1v) is 15.3. The molecular formula is C36H36N4O4. The normalized spacial score (nSPS) is 15.1. The van der Waals surface area contributed by atoms with Gasteiger partial charge in [0, 0.05) is 12.3 Å². The highest BCUT2D eigenvalue weighted by Crippen LogP contribution is 2.20. The number of carbonyl (C=O) groups excluding carboxylic acids is 3. The number of para-hydroxylation sites is 2. The van der Waals surface area contributed by atoms with Gasteiger partial charge in [-0.2, -0.15) is 0 Å². The maximum atomic E-state index is 14.0. The van der Waals surface area contributed by atoms with Crippen molar-refractivity contribution in [3.63, 3.8) is 0 Å². The summed E-state index contributed by atoms with van der Waals surface area (Å²) in [5, 5.41) is 11.4. The van der Waals surface area contributed by atoms with E-state index in [1.807, 2.05) is 84.9 Å². The van der Waals surface area contributed by atoms with Crippen molar-refractivity contribution < 1.29 is 18.8 Å². The lowest BCUT2D eigenvalue weighted by molar-refractivity contribution is -0.131. The van der Waals surface area contributed by atoms with Gasteiger partial charge in [0.2, 0.25) is 17.6 Å². The van der Waals surface area contributed by atoms with E-state index in [9.17, 15) is 14.4 Å². The summed E-state index contributed by atoms with van der Waals surface area (Å²) in [6, 6.07) is 29.3. The smallest absolute Gasteiger partial charge is 0.266 e. The Morgan fingerprint density at radius 3 is 2.32 bits per heavy atom. The van der Waals surface area contributed by atoms with Gasteiger partial charge in [0.15, 0.2) is 5.58 Å². The van der Waals surface area contributed by atoms with Crippen LogP contribution >= 0.6 is 0 Å². The minimum atomic E-state index is -0.898. The number of oxazole rings is 1. The molecule has 6 rings (SSSR count). The molecule has 8 nitrogen and oxygen atoms in total. The Labute approximate surface area is 256 Å². The van der Waals surface area contributed by atoms with E-state index < -0.39 is 23.8 Å². The molecule has 0 spiro atoms. The van der Waals surface area contributed by atoms with E-state index >= 15 is 0 Å². The number of aromatic nitrogens is 1. The Balaban J connectivity index is 1.26. The number of nitrogens with zero attached hydrogens (tertiary/aromatic N) is 1. The largest absolute Gasteiger partial charge is 0.434 e. The van der Waals surface area contributed by atoms with Crippen molar-refractivity contribution in [2.75, 3.05) is 13.1 Å². The molecular weight excluding hydrogens is 552 g/mol. The lowest BCUT2D eigenvalue weighted by atomic mass is 9.95. The Morgan fingerprint density at radius 2 is 1.52 bits per heavy atom. The fraction of sp³-hybridized carbons (Fsp3) is 0.278. The minimum absolute atomic E-state index is 0.0469. The number of rotatable bonds is 11. The van der Waals surface area contributed by atoms with E-state index in [2.05, 4.69) is 20.9 Å². The number of nitrogens with one attached hydrogen (secondary N) is 3. The summed E-state index contributed by atoms with van der Waals surface area (Å²) < 4.78 is 5.80. The van der Waals surface area contributed by atoms with Crippen molar-refractivity contribution in [2.45, 2.75) is 44.2 Å². The standard InChI is InChI=1S/C36H36N4O4/c41-33(36-40-29-12-6-7-13-32(29)44-36)30(17-15-24-8-2-1-3-9-24)38-35(43)31(39-34(42)27-18-20-37-21-19-27)23-25-14-16-26-10-4-5-11-28(26)22-25/h1-14,16,22,27,30-31,37H,15,17-21,23H2,(H,38,43)(H,39,42)/t30-,31-/m0/s1. The fourth-order valence-corrected chi connectivity index (χ4v) is 5.81. The van der Waals surface area contributed by atoms with Gasteiger partial charge in [0.25, 0.3) is 5.89 Å². The monoisotopic (exact) mass is 588 g/mol. The third-order valence-corrected chi connectivity index (χ3v) is 8.30. The molecule has 0 radical (unpaired) electrons. The number of carbonyl (C=O) groups is 3. The van der Waals surface area contributed by atoms with Crippen LogP contribution in [0.5, 0.6) is 0 Å². The highest BCUT2D eigenvalue weighted by atomic mass is 16.4. The summed E-state index contributed by atoms with van der Waals surface area (Å²) in [5.41, 5.74) is 3.05. The van der Waals surface area contributed by atoms with Crippen LogP contribution < -0.4 is 16.0 Å². The molecule has 44 heavy (non-hydrogen) atoms. The lowest BCUT2D eigenvalue weighted by Crippen LogP contribution is -2.54. The first-order chi connectivity index (χ1) is 21.5. The van der Waals surface area contributed by atoms with Gasteiger partial charge in [0.05, 0.1) is 6.04 Å². The summed E-state index contributed by atoms with van der Waals surface area (Å²) in [4.78, 5) is 45.6. The highest BCUT2D eigenvalue weighted by molar-refractivity contribution is 6.01. The summed E-state index contributed by atoms with van der Waals surface area (Å²) in [5.74, 6) is -1.17. The number of amides is 2. The van der Waals surface area contributed by atoms with E-state index in [4.69, 9.17) is 4.42 Å². The average molecular weight is 589 g/mol. The highest BCUT2D eigenvalue weighted by Gasteiger charge is 2.32. The molecule has 1 fully saturated rings. The van der Waals surface area contributed by atoms with E-state index in [0.29, 0.717) is 36.8 Å². The van der Waals surface area contributed by atoms with E-state index in [0.717, 1.165) is 35.0 Å². The predicted octanol–water partition coefficient (Wildman–Crippen LogP) is 5.01. The second-order valence-electron chi connectivity index (χ2n) is 11.4. The van der Waals surface area contributed by atoms with Crippen molar-refractivity contribution >= 4 is 39.5 Å². The quantitative estimate of drug-likeness (QED) is 0.187. The maximum absolute atomic E-state index is 14.0. The second kappa shape index (κ2) is 13.7. The zero-order valence-electron chi connectivity index (χ0n) is 24.5. The molecule has 1 aliphatic rings. The molecule has 2 heterocycles. The van der Waals surface area contributed by atoms with Gasteiger partial charge >= 0.3 is 0 Å². The number of aryl methyl sites for hydroxylation is 1. The van der Waals surface area contributed by atoms with Gasteiger partial charge in [-0.25, -0.2) is 4.98 Å². The van der Waals surface area contributed by atoms with Crippen LogP contribution in [0.1, 0.15) is 41.1 Å². The molecule has 3 N–H and O–H groups in total. The molecule has 4 aromatic carbocycles. The predicted molar refractivity (Wildman–Crippen MR) is 170 cm³/mol. The van der Waals surface area contributed by atoms with Gasteiger partial charge in [-0.05, 0) is 72.8 Å². The van der Waals surface area contributed by atoms with E-state index in [1.165, 1.54) is 0 Å². The number of benzene rings is 4. The summed E-state index contributed by atoms with van der Waals surface area (Å²) in [7, 11) is 0. The number of ketones is 1. The Kier molecular flexibility index (Phi) is 9.08. The topological polar surface area (TPSA) is 113 Å². The Hall–Kier alpha value is -4.82. The van der Waals surface area contributed by atoms with Crippen LogP contribution in [0.2, 0.25) is 0 Å². The molecule has 0 unspecified atom stereocenters. The molecule has 0 aliphatic carbocycles. The van der Waals surface area contributed by atoms with Gasteiger partial charge in [-0.1, -0.05) is 84.9 Å². The van der Waals surface area contributed by atoms with Gasteiger partial charge in [0.1, 0.15) is 11.6 Å². The number of Topliss-reactive ketones (excluding diaryl/α,β-unsaturated/α-hetero) is 1. The molecule has 2 amide bonds. The molecule has 0 saturated carbocycles. The molecule has 1 aliphatic heterocycles. The Morgan fingerprint density at radius 1 is 0.795 bits per heavy atom.